The second-order valence-corrected chi connectivity index (χ2v) is 4.07. The summed E-state index contributed by atoms with van der Waals surface area (Å²) in [4.78, 5) is 4.47. The Bertz CT molecular complexity index is 339. The van der Waals surface area contributed by atoms with Crippen molar-refractivity contribution in [2.24, 2.45) is 0 Å². The molecule has 1 atom stereocenters. The Morgan fingerprint density at radius 1 is 1.50 bits per heavy atom. The summed E-state index contributed by atoms with van der Waals surface area (Å²) in [5.41, 5.74) is 2.30. The smallest absolute Gasteiger partial charge is 0.123 e. The minimum atomic E-state index is -0.116. The highest BCUT2D eigenvalue weighted by molar-refractivity contribution is 5.29. The highest BCUT2D eigenvalue weighted by atomic mass is 16.5. The molecule has 1 aromatic rings. The molecule has 2 aliphatic heterocycles. The third kappa shape index (κ3) is 1.09. The topological polar surface area (TPSA) is 34.1 Å². The zero-order valence-electron chi connectivity index (χ0n) is 8.12. The number of pyridine rings is 1. The van der Waals surface area contributed by atoms with Crippen molar-refractivity contribution in [3.63, 3.8) is 0 Å². The lowest BCUT2D eigenvalue weighted by Gasteiger charge is -2.32. The third-order valence-electron chi connectivity index (χ3n) is 3.17. The Hall–Kier alpha value is -0.930. The van der Waals surface area contributed by atoms with E-state index in [1.165, 1.54) is 12.0 Å². The van der Waals surface area contributed by atoms with E-state index in [2.05, 4.69) is 16.4 Å². The van der Waals surface area contributed by atoms with Gasteiger partial charge in [0.2, 0.25) is 0 Å². The highest BCUT2D eigenvalue weighted by Crippen LogP contribution is 2.39. The lowest BCUT2D eigenvalue weighted by Crippen LogP contribution is -2.43. The number of piperidine rings is 1. The fraction of sp³-hybridized carbons (Fsp3) is 0.545. The van der Waals surface area contributed by atoms with Crippen LogP contribution in [-0.2, 0) is 16.9 Å². The van der Waals surface area contributed by atoms with E-state index < -0.39 is 0 Å². The standard InChI is InChI=1S/C11H14N2O/c1-3-9-7-14-11(10(9)13-6-1)4-2-5-12-8-11/h1,3,6,12H,2,4-5,7-8H2. The number of ether oxygens (including phenoxy) is 1. The van der Waals surface area contributed by atoms with E-state index in [9.17, 15) is 0 Å². The summed E-state index contributed by atoms with van der Waals surface area (Å²) >= 11 is 0. The van der Waals surface area contributed by atoms with Gasteiger partial charge in [-0.25, -0.2) is 0 Å². The predicted molar refractivity (Wildman–Crippen MR) is 52.8 cm³/mol. The van der Waals surface area contributed by atoms with Crippen LogP contribution in [0.4, 0.5) is 0 Å². The van der Waals surface area contributed by atoms with Gasteiger partial charge >= 0.3 is 0 Å². The number of fused-ring (bicyclic) bond motifs is 2. The number of nitrogens with zero attached hydrogens (tertiary/aromatic N) is 1. The number of rotatable bonds is 0. The molecule has 0 aliphatic carbocycles. The molecule has 0 aromatic carbocycles. The van der Waals surface area contributed by atoms with Crippen LogP contribution in [0, 0.1) is 0 Å². The fourth-order valence-electron chi connectivity index (χ4n) is 2.45. The molecule has 1 aromatic heterocycles. The van der Waals surface area contributed by atoms with Gasteiger partial charge in [0.25, 0.3) is 0 Å². The molecule has 3 nitrogen and oxygen atoms in total. The molecule has 1 saturated heterocycles. The van der Waals surface area contributed by atoms with E-state index in [1.54, 1.807) is 0 Å². The van der Waals surface area contributed by atoms with Gasteiger partial charge in [-0.15, -0.1) is 0 Å². The fourth-order valence-corrected chi connectivity index (χ4v) is 2.45. The summed E-state index contributed by atoms with van der Waals surface area (Å²) in [6.07, 6.45) is 4.14. The Kier molecular flexibility index (Phi) is 1.82. The first-order valence-corrected chi connectivity index (χ1v) is 5.20. The molecule has 14 heavy (non-hydrogen) atoms. The van der Waals surface area contributed by atoms with Crippen LogP contribution in [0.15, 0.2) is 18.3 Å². The molecule has 1 fully saturated rings. The molecule has 3 rings (SSSR count). The van der Waals surface area contributed by atoms with Crippen LogP contribution in [0.5, 0.6) is 0 Å². The van der Waals surface area contributed by atoms with Crippen LogP contribution in [0.2, 0.25) is 0 Å². The number of hydrogen-bond acceptors (Lipinski definition) is 3. The van der Waals surface area contributed by atoms with Crippen molar-refractivity contribution in [3.8, 4) is 0 Å². The van der Waals surface area contributed by atoms with E-state index in [1.807, 2.05) is 12.3 Å². The predicted octanol–water partition coefficient (Wildman–Crippen LogP) is 1.19. The van der Waals surface area contributed by atoms with Crippen LogP contribution >= 0.6 is 0 Å². The third-order valence-corrected chi connectivity index (χ3v) is 3.17. The average molecular weight is 190 g/mol. The molecule has 0 saturated carbocycles. The number of nitrogens with one attached hydrogen (secondary N) is 1. The summed E-state index contributed by atoms with van der Waals surface area (Å²) in [7, 11) is 0. The maximum atomic E-state index is 5.93. The Morgan fingerprint density at radius 3 is 3.36 bits per heavy atom. The summed E-state index contributed by atoms with van der Waals surface area (Å²) in [5, 5.41) is 3.39. The highest BCUT2D eigenvalue weighted by Gasteiger charge is 2.42. The first kappa shape index (κ1) is 8.38. The molecule has 74 valence electrons. The lowest BCUT2D eigenvalue weighted by molar-refractivity contribution is -0.0557. The molecular weight excluding hydrogens is 176 g/mol. The first-order valence-electron chi connectivity index (χ1n) is 5.20. The van der Waals surface area contributed by atoms with Crippen LogP contribution in [0.1, 0.15) is 24.1 Å². The number of hydrogen-bond donors (Lipinski definition) is 1. The van der Waals surface area contributed by atoms with Gasteiger partial charge in [0, 0.05) is 18.3 Å². The zero-order chi connectivity index (χ0) is 9.43. The Balaban J connectivity index is 2.03. The van der Waals surface area contributed by atoms with Crippen molar-refractivity contribution in [1.29, 1.82) is 0 Å². The molecular formula is C11H14N2O. The van der Waals surface area contributed by atoms with Gasteiger partial charge in [-0.05, 0) is 25.5 Å². The molecule has 0 amide bonds. The second-order valence-electron chi connectivity index (χ2n) is 4.07. The molecule has 3 heteroatoms. The molecule has 0 radical (unpaired) electrons. The van der Waals surface area contributed by atoms with Gasteiger partial charge in [0.05, 0.1) is 12.3 Å². The largest absolute Gasteiger partial charge is 0.363 e. The summed E-state index contributed by atoms with van der Waals surface area (Å²) < 4.78 is 5.93. The van der Waals surface area contributed by atoms with E-state index in [0.717, 1.165) is 31.8 Å². The minimum Gasteiger partial charge on any atom is -0.363 e. The van der Waals surface area contributed by atoms with E-state index in [0.29, 0.717) is 0 Å². The average Bonchev–Trinajstić information content (AvgIpc) is 2.60. The molecule has 2 aliphatic rings. The second kappa shape index (κ2) is 3.04. The van der Waals surface area contributed by atoms with Crippen molar-refractivity contribution < 1.29 is 4.74 Å². The Morgan fingerprint density at radius 2 is 2.50 bits per heavy atom. The van der Waals surface area contributed by atoms with Crippen LogP contribution in [-0.4, -0.2) is 18.1 Å². The maximum Gasteiger partial charge on any atom is 0.123 e. The monoisotopic (exact) mass is 190 g/mol. The quantitative estimate of drug-likeness (QED) is 0.667. The van der Waals surface area contributed by atoms with Gasteiger partial charge in [0.1, 0.15) is 5.60 Å². The summed E-state index contributed by atoms with van der Waals surface area (Å²) in [6.45, 7) is 2.75. The lowest BCUT2D eigenvalue weighted by atomic mass is 9.90. The zero-order valence-corrected chi connectivity index (χ0v) is 8.12. The van der Waals surface area contributed by atoms with Crippen molar-refractivity contribution in [2.75, 3.05) is 13.1 Å². The van der Waals surface area contributed by atoms with Gasteiger partial charge in [-0.3, -0.25) is 4.98 Å². The molecule has 1 unspecified atom stereocenters. The van der Waals surface area contributed by atoms with E-state index in [-0.39, 0.29) is 5.60 Å². The van der Waals surface area contributed by atoms with Gasteiger partial charge < -0.3 is 10.1 Å². The SMILES string of the molecule is c1cnc2c(c1)COC21CCCNC1. The molecule has 1 spiro atoms. The van der Waals surface area contributed by atoms with Crippen molar-refractivity contribution in [2.45, 2.75) is 25.0 Å². The normalized spacial score (nSPS) is 30.6. The molecule has 3 heterocycles. The van der Waals surface area contributed by atoms with Gasteiger partial charge in [-0.1, -0.05) is 6.07 Å². The van der Waals surface area contributed by atoms with Crippen molar-refractivity contribution in [1.82, 2.24) is 10.3 Å². The number of aromatic nitrogens is 1. The molecule has 1 N–H and O–H groups in total. The summed E-state index contributed by atoms with van der Waals surface area (Å²) in [6, 6.07) is 4.10. The van der Waals surface area contributed by atoms with Crippen molar-refractivity contribution >= 4 is 0 Å². The van der Waals surface area contributed by atoms with Gasteiger partial charge in [-0.2, -0.15) is 0 Å². The first-order chi connectivity index (χ1) is 6.91. The van der Waals surface area contributed by atoms with E-state index >= 15 is 0 Å². The minimum absolute atomic E-state index is 0.116. The summed E-state index contributed by atoms with van der Waals surface area (Å²) in [5.74, 6) is 0. The van der Waals surface area contributed by atoms with E-state index in [4.69, 9.17) is 4.74 Å². The van der Waals surface area contributed by atoms with Crippen LogP contribution < -0.4 is 5.32 Å². The van der Waals surface area contributed by atoms with Crippen LogP contribution in [0.3, 0.4) is 0 Å². The molecule has 0 bridgehead atoms. The van der Waals surface area contributed by atoms with Gasteiger partial charge in [0.15, 0.2) is 0 Å². The van der Waals surface area contributed by atoms with Crippen molar-refractivity contribution in [3.05, 3.63) is 29.6 Å². The Labute approximate surface area is 83.5 Å². The maximum absolute atomic E-state index is 5.93. The van der Waals surface area contributed by atoms with Crippen LogP contribution in [0.25, 0.3) is 0 Å².